The number of primary amides is 2. The number of halogens is 1. The molecule has 0 atom stereocenters. The van der Waals surface area contributed by atoms with Crippen LogP contribution in [0, 0.1) is 5.82 Å². The van der Waals surface area contributed by atoms with Crippen molar-refractivity contribution < 1.29 is 14.0 Å². The summed E-state index contributed by atoms with van der Waals surface area (Å²) < 4.78 is 14.5. The van der Waals surface area contributed by atoms with Gasteiger partial charge in [0.15, 0.2) is 5.69 Å². The lowest BCUT2D eigenvalue weighted by Gasteiger charge is -2.06. The lowest BCUT2D eigenvalue weighted by Crippen LogP contribution is -2.22. The predicted molar refractivity (Wildman–Crippen MR) is 90.7 cm³/mol. The van der Waals surface area contributed by atoms with Crippen LogP contribution in [0.1, 0.15) is 10.5 Å². The van der Waals surface area contributed by atoms with Crippen LogP contribution in [0.3, 0.4) is 0 Å². The topological polar surface area (TPSA) is 116 Å². The number of carbonyl (C=O) groups is 2. The molecule has 7 nitrogen and oxygen atoms in total. The molecule has 3 amide bonds. The van der Waals surface area contributed by atoms with E-state index in [4.69, 9.17) is 11.5 Å². The van der Waals surface area contributed by atoms with Gasteiger partial charge in [-0.2, -0.15) is 5.10 Å². The molecule has 25 heavy (non-hydrogen) atoms. The van der Waals surface area contributed by atoms with Crippen molar-refractivity contribution in [3.8, 4) is 16.8 Å². The Morgan fingerprint density at radius 2 is 1.76 bits per heavy atom. The molecule has 0 aliphatic carbocycles. The number of urea groups is 1. The SMILES string of the molecule is NC(=O)Nc1cn(-c2cccc(-c3ccc(F)cc3)c2)nc1C(N)=O. The number of nitrogens with two attached hydrogens (primary N) is 2. The van der Waals surface area contributed by atoms with Crippen LogP contribution in [0.4, 0.5) is 14.9 Å². The first-order valence-corrected chi connectivity index (χ1v) is 7.26. The van der Waals surface area contributed by atoms with Crippen LogP contribution in [0.5, 0.6) is 0 Å². The standard InChI is InChI=1S/C17H14FN5O2/c18-12-6-4-10(5-7-12)11-2-1-3-13(8-11)23-9-14(21-17(20)25)15(22-23)16(19)24/h1-9H,(H2,19,24)(H3,20,21,25). The highest BCUT2D eigenvalue weighted by Gasteiger charge is 2.16. The van der Waals surface area contributed by atoms with E-state index in [2.05, 4.69) is 10.4 Å². The molecule has 2 aromatic carbocycles. The third kappa shape index (κ3) is 3.47. The van der Waals surface area contributed by atoms with Gasteiger partial charge in [-0.1, -0.05) is 24.3 Å². The van der Waals surface area contributed by atoms with Crippen molar-refractivity contribution in [3.63, 3.8) is 0 Å². The molecule has 5 N–H and O–H groups in total. The maximum atomic E-state index is 13.1. The quantitative estimate of drug-likeness (QED) is 0.677. The Labute approximate surface area is 142 Å². The van der Waals surface area contributed by atoms with Gasteiger partial charge in [-0.3, -0.25) is 4.79 Å². The van der Waals surface area contributed by atoms with Gasteiger partial charge in [0.2, 0.25) is 0 Å². The second-order valence-corrected chi connectivity index (χ2v) is 5.25. The third-order valence-electron chi connectivity index (χ3n) is 3.49. The third-order valence-corrected chi connectivity index (χ3v) is 3.49. The number of hydrogen-bond donors (Lipinski definition) is 3. The molecule has 0 saturated heterocycles. The highest BCUT2D eigenvalue weighted by Crippen LogP contribution is 2.24. The lowest BCUT2D eigenvalue weighted by molar-refractivity contribution is 0.0996. The fourth-order valence-electron chi connectivity index (χ4n) is 2.38. The van der Waals surface area contributed by atoms with Crippen molar-refractivity contribution in [3.05, 3.63) is 66.2 Å². The first-order chi connectivity index (χ1) is 11.9. The van der Waals surface area contributed by atoms with Gasteiger partial charge in [-0.05, 0) is 35.4 Å². The number of nitrogens with one attached hydrogen (secondary N) is 1. The highest BCUT2D eigenvalue weighted by atomic mass is 19.1. The fraction of sp³-hybridized carbons (Fsp3) is 0. The monoisotopic (exact) mass is 339 g/mol. The Hall–Kier alpha value is -3.68. The van der Waals surface area contributed by atoms with E-state index in [0.29, 0.717) is 5.69 Å². The van der Waals surface area contributed by atoms with Crippen LogP contribution in [0.25, 0.3) is 16.8 Å². The van der Waals surface area contributed by atoms with Gasteiger partial charge in [0.05, 0.1) is 17.6 Å². The number of benzene rings is 2. The maximum Gasteiger partial charge on any atom is 0.316 e. The first kappa shape index (κ1) is 16.2. The van der Waals surface area contributed by atoms with E-state index in [0.717, 1.165) is 11.1 Å². The molecular formula is C17H14FN5O2. The number of anilines is 1. The van der Waals surface area contributed by atoms with Crippen LogP contribution >= 0.6 is 0 Å². The number of rotatable bonds is 4. The van der Waals surface area contributed by atoms with E-state index in [1.54, 1.807) is 30.3 Å². The van der Waals surface area contributed by atoms with Crippen LogP contribution in [0.15, 0.2) is 54.7 Å². The zero-order valence-electron chi connectivity index (χ0n) is 12.9. The van der Waals surface area contributed by atoms with Crippen LogP contribution in [0.2, 0.25) is 0 Å². The van der Waals surface area contributed by atoms with Gasteiger partial charge in [0.25, 0.3) is 5.91 Å². The molecule has 0 unspecified atom stereocenters. The summed E-state index contributed by atoms with van der Waals surface area (Å²) in [6, 6.07) is 12.4. The molecule has 0 bridgehead atoms. The molecule has 126 valence electrons. The number of carbonyl (C=O) groups excluding carboxylic acids is 2. The summed E-state index contributed by atoms with van der Waals surface area (Å²) in [4.78, 5) is 22.5. The number of aromatic nitrogens is 2. The average molecular weight is 339 g/mol. The van der Waals surface area contributed by atoms with E-state index in [1.807, 2.05) is 6.07 Å². The number of nitrogens with zero attached hydrogens (tertiary/aromatic N) is 2. The molecule has 0 spiro atoms. The van der Waals surface area contributed by atoms with Crippen molar-refractivity contribution in [2.45, 2.75) is 0 Å². The Morgan fingerprint density at radius 1 is 1.04 bits per heavy atom. The molecule has 0 aliphatic heterocycles. The number of hydrogen-bond acceptors (Lipinski definition) is 3. The van der Waals surface area contributed by atoms with Gasteiger partial charge in [-0.15, -0.1) is 0 Å². The molecule has 0 radical (unpaired) electrons. The molecule has 3 rings (SSSR count). The molecule has 0 saturated carbocycles. The normalized spacial score (nSPS) is 10.4. The second kappa shape index (κ2) is 6.44. The largest absolute Gasteiger partial charge is 0.364 e. The minimum absolute atomic E-state index is 0.106. The fourth-order valence-corrected chi connectivity index (χ4v) is 2.38. The molecule has 0 fully saturated rings. The molecule has 0 aliphatic rings. The van der Waals surface area contributed by atoms with Gasteiger partial charge < -0.3 is 16.8 Å². The van der Waals surface area contributed by atoms with Crippen molar-refractivity contribution in [1.82, 2.24) is 9.78 Å². The molecule has 3 aromatic rings. The lowest BCUT2D eigenvalue weighted by atomic mass is 10.1. The van der Waals surface area contributed by atoms with E-state index < -0.39 is 11.9 Å². The Morgan fingerprint density at radius 3 is 2.40 bits per heavy atom. The predicted octanol–water partition coefficient (Wildman–Crippen LogP) is 2.27. The highest BCUT2D eigenvalue weighted by molar-refractivity contribution is 6.00. The van der Waals surface area contributed by atoms with Crippen molar-refractivity contribution in [2.24, 2.45) is 11.5 Å². The van der Waals surface area contributed by atoms with Gasteiger partial charge >= 0.3 is 6.03 Å². The van der Waals surface area contributed by atoms with E-state index in [-0.39, 0.29) is 17.2 Å². The van der Waals surface area contributed by atoms with Crippen molar-refractivity contribution in [1.29, 1.82) is 0 Å². The summed E-state index contributed by atoms with van der Waals surface area (Å²) in [5, 5.41) is 6.40. The van der Waals surface area contributed by atoms with Crippen molar-refractivity contribution >= 4 is 17.6 Å². The summed E-state index contributed by atoms with van der Waals surface area (Å²) >= 11 is 0. The number of amides is 3. The molecule has 1 aromatic heterocycles. The van der Waals surface area contributed by atoms with Gasteiger partial charge in [0.1, 0.15) is 5.82 Å². The summed E-state index contributed by atoms with van der Waals surface area (Å²) in [5.74, 6) is -1.11. The first-order valence-electron chi connectivity index (χ1n) is 7.26. The Balaban J connectivity index is 2.02. The summed E-state index contributed by atoms with van der Waals surface area (Å²) in [6.45, 7) is 0. The van der Waals surface area contributed by atoms with Gasteiger partial charge in [0, 0.05) is 0 Å². The summed E-state index contributed by atoms with van der Waals surface area (Å²) in [7, 11) is 0. The minimum atomic E-state index is -0.831. The summed E-state index contributed by atoms with van der Waals surface area (Å²) in [5.41, 5.74) is 12.6. The second-order valence-electron chi connectivity index (χ2n) is 5.25. The molecular weight excluding hydrogens is 325 g/mol. The van der Waals surface area contributed by atoms with Crippen LogP contribution in [-0.4, -0.2) is 21.7 Å². The minimum Gasteiger partial charge on any atom is -0.364 e. The zero-order valence-corrected chi connectivity index (χ0v) is 12.9. The maximum absolute atomic E-state index is 13.1. The molecule has 1 heterocycles. The zero-order chi connectivity index (χ0) is 18.0. The van der Waals surface area contributed by atoms with Gasteiger partial charge in [-0.25, -0.2) is 13.9 Å². The smallest absolute Gasteiger partial charge is 0.316 e. The average Bonchev–Trinajstić information content (AvgIpc) is 2.99. The van der Waals surface area contributed by atoms with E-state index in [1.165, 1.54) is 23.0 Å². The van der Waals surface area contributed by atoms with Crippen molar-refractivity contribution in [2.75, 3.05) is 5.32 Å². The molecule has 8 heteroatoms. The Kier molecular flexibility index (Phi) is 4.17. The van der Waals surface area contributed by atoms with Crippen LogP contribution < -0.4 is 16.8 Å². The van der Waals surface area contributed by atoms with E-state index >= 15 is 0 Å². The van der Waals surface area contributed by atoms with Crippen LogP contribution in [-0.2, 0) is 0 Å². The Bertz CT molecular complexity index is 950. The summed E-state index contributed by atoms with van der Waals surface area (Å²) in [6.07, 6.45) is 1.44. The van der Waals surface area contributed by atoms with E-state index in [9.17, 15) is 14.0 Å².